The number of allylic oxidation sites excluding steroid dienone is 1. The van der Waals surface area contributed by atoms with Crippen LogP contribution in [0.15, 0.2) is 91.0 Å². The maximum atomic E-state index is 12.9. The van der Waals surface area contributed by atoms with Crippen LogP contribution in [0.4, 0.5) is 10.1 Å². The van der Waals surface area contributed by atoms with Crippen molar-refractivity contribution in [1.29, 1.82) is 0 Å². The second-order valence-corrected chi connectivity index (χ2v) is 6.06. The van der Waals surface area contributed by atoms with Crippen LogP contribution >= 0.6 is 0 Å². The van der Waals surface area contributed by atoms with Crippen molar-refractivity contribution in [3.05, 3.63) is 114 Å². The number of hydrogen-bond acceptors (Lipinski definition) is 2. The quantitative estimate of drug-likeness (QED) is 0.467. The van der Waals surface area contributed by atoms with Crippen molar-refractivity contribution >= 4 is 29.5 Å². The van der Waals surface area contributed by atoms with Gasteiger partial charge in [0.05, 0.1) is 0 Å². The van der Waals surface area contributed by atoms with E-state index in [4.69, 9.17) is 0 Å². The lowest BCUT2D eigenvalue weighted by Gasteiger charge is -2.04. The highest BCUT2D eigenvalue weighted by Gasteiger charge is 2.04. The Hall–Kier alpha value is -3.79. The molecule has 0 heterocycles. The lowest BCUT2D eigenvalue weighted by Crippen LogP contribution is -2.08. The molecule has 28 heavy (non-hydrogen) atoms. The summed E-state index contributed by atoms with van der Waals surface area (Å²) in [6.07, 6.45) is 6.20. The third-order valence-corrected chi connectivity index (χ3v) is 3.94. The van der Waals surface area contributed by atoms with Crippen LogP contribution in [-0.2, 0) is 4.79 Å². The van der Waals surface area contributed by atoms with Crippen LogP contribution < -0.4 is 5.32 Å². The van der Waals surface area contributed by atoms with Crippen molar-refractivity contribution < 1.29 is 14.0 Å². The first-order chi connectivity index (χ1) is 13.6. The SMILES string of the molecule is O=C(C=Cc1ccccc1)Nc1cccc(C(=O)/C=C/c2ccc(F)cc2)c1. The normalized spacial score (nSPS) is 11.0. The first kappa shape index (κ1) is 19.0. The van der Waals surface area contributed by atoms with Crippen molar-refractivity contribution in [3.63, 3.8) is 0 Å². The van der Waals surface area contributed by atoms with Gasteiger partial charge in [0, 0.05) is 17.3 Å². The zero-order valence-electron chi connectivity index (χ0n) is 15.0. The van der Waals surface area contributed by atoms with Gasteiger partial charge in [0.25, 0.3) is 0 Å². The molecule has 0 unspecified atom stereocenters. The molecule has 0 bridgehead atoms. The molecule has 3 aromatic carbocycles. The summed E-state index contributed by atoms with van der Waals surface area (Å²) >= 11 is 0. The van der Waals surface area contributed by atoms with E-state index in [2.05, 4.69) is 5.32 Å². The number of halogens is 1. The highest BCUT2D eigenvalue weighted by Crippen LogP contribution is 2.13. The van der Waals surface area contributed by atoms with E-state index in [0.29, 0.717) is 11.3 Å². The number of amides is 1. The summed E-state index contributed by atoms with van der Waals surface area (Å²) in [7, 11) is 0. The first-order valence-electron chi connectivity index (χ1n) is 8.72. The lowest BCUT2D eigenvalue weighted by atomic mass is 10.1. The summed E-state index contributed by atoms with van der Waals surface area (Å²) in [5.74, 6) is -0.816. The number of carbonyl (C=O) groups is 2. The van der Waals surface area contributed by atoms with Gasteiger partial charge in [-0.05, 0) is 47.5 Å². The Bertz CT molecular complexity index is 1020. The number of benzene rings is 3. The predicted octanol–water partition coefficient (Wildman–Crippen LogP) is 5.37. The predicted molar refractivity (Wildman–Crippen MR) is 110 cm³/mol. The summed E-state index contributed by atoms with van der Waals surface area (Å²) in [6.45, 7) is 0. The molecule has 4 heteroatoms. The molecule has 0 aromatic heterocycles. The van der Waals surface area contributed by atoms with E-state index in [9.17, 15) is 14.0 Å². The topological polar surface area (TPSA) is 46.2 Å². The maximum Gasteiger partial charge on any atom is 0.248 e. The lowest BCUT2D eigenvalue weighted by molar-refractivity contribution is -0.111. The molecule has 138 valence electrons. The standard InChI is InChI=1S/C24H18FNO2/c25-21-13-9-19(10-14-21)11-15-23(27)20-7-4-8-22(17-20)26-24(28)16-12-18-5-2-1-3-6-18/h1-17H,(H,26,28)/b15-11+,16-12?. The molecule has 0 saturated carbocycles. The molecule has 3 nitrogen and oxygen atoms in total. The fourth-order valence-electron chi connectivity index (χ4n) is 2.51. The molecule has 1 N–H and O–H groups in total. The maximum absolute atomic E-state index is 12.9. The molecule has 3 aromatic rings. The van der Waals surface area contributed by atoms with Gasteiger partial charge in [-0.25, -0.2) is 4.39 Å². The summed E-state index contributed by atoms with van der Waals surface area (Å²) in [5.41, 5.74) is 2.63. The van der Waals surface area contributed by atoms with Crippen molar-refractivity contribution in [3.8, 4) is 0 Å². The number of ketones is 1. The molecule has 0 radical (unpaired) electrons. The third-order valence-electron chi connectivity index (χ3n) is 3.94. The highest BCUT2D eigenvalue weighted by atomic mass is 19.1. The molecule has 1 amide bonds. The number of anilines is 1. The molecular weight excluding hydrogens is 353 g/mol. The van der Waals surface area contributed by atoms with Gasteiger partial charge in [-0.3, -0.25) is 9.59 Å². The minimum Gasteiger partial charge on any atom is -0.322 e. The first-order valence-corrected chi connectivity index (χ1v) is 8.72. The summed E-state index contributed by atoms with van der Waals surface area (Å²) in [6, 6.07) is 22.1. The Balaban J connectivity index is 1.64. The van der Waals surface area contributed by atoms with Gasteiger partial charge in [0.2, 0.25) is 5.91 Å². The Kier molecular flexibility index (Phi) is 6.26. The van der Waals surface area contributed by atoms with Crippen LogP contribution in [0.2, 0.25) is 0 Å². The van der Waals surface area contributed by atoms with E-state index in [1.165, 1.54) is 24.3 Å². The van der Waals surface area contributed by atoms with Gasteiger partial charge in [-0.2, -0.15) is 0 Å². The van der Waals surface area contributed by atoms with Crippen molar-refractivity contribution in [1.82, 2.24) is 0 Å². The van der Waals surface area contributed by atoms with Crippen LogP contribution in [0.25, 0.3) is 12.2 Å². The number of rotatable bonds is 6. The zero-order chi connectivity index (χ0) is 19.8. The Morgan fingerprint density at radius 1 is 0.750 bits per heavy atom. The van der Waals surface area contributed by atoms with Gasteiger partial charge >= 0.3 is 0 Å². The largest absolute Gasteiger partial charge is 0.322 e. The fraction of sp³-hybridized carbons (Fsp3) is 0. The van der Waals surface area contributed by atoms with Gasteiger partial charge < -0.3 is 5.32 Å². The smallest absolute Gasteiger partial charge is 0.248 e. The van der Waals surface area contributed by atoms with Gasteiger partial charge in [0.1, 0.15) is 5.82 Å². The van der Waals surface area contributed by atoms with E-state index in [1.54, 1.807) is 48.6 Å². The number of carbonyl (C=O) groups excluding carboxylic acids is 2. The van der Waals surface area contributed by atoms with Crippen molar-refractivity contribution in [2.24, 2.45) is 0 Å². The second kappa shape index (κ2) is 9.24. The molecule has 3 rings (SSSR count). The number of hydrogen-bond donors (Lipinski definition) is 1. The Morgan fingerprint density at radius 3 is 2.18 bits per heavy atom. The molecule has 0 spiro atoms. The molecule has 0 aliphatic carbocycles. The Morgan fingerprint density at radius 2 is 1.43 bits per heavy atom. The van der Waals surface area contributed by atoms with E-state index in [0.717, 1.165) is 11.1 Å². The summed E-state index contributed by atoms with van der Waals surface area (Å²) < 4.78 is 12.9. The van der Waals surface area contributed by atoms with Crippen LogP contribution in [0.3, 0.4) is 0 Å². The van der Waals surface area contributed by atoms with Gasteiger partial charge in [-0.1, -0.05) is 60.7 Å². The molecule has 0 aliphatic heterocycles. The molecule has 0 atom stereocenters. The van der Waals surface area contributed by atoms with E-state index >= 15 is 0 Å². The second-order valence-electron chi connectivity index (χ2n) is 6.06. The fourth-order valence-corrected chi connectivity index (χ4v) is 2.51. The monoisotopic (exact) mass is 371 g/mol. The van der Waals surface area contributed by atoms with Crippen LogP contribution in [0, 0.1) is 5.82 Å². The molecule has 0 aliphatic rings. The Labute approximate surface area is 162 Å². The van der Waals surface area contributed by atoms with Crippen LogP contribution in [0.5, 0.6) is 0 Å². The van der Waals surface area contributed by atoms with E-state index < -0.39 is 0 Å². The summed E-state index contributed by atoms with van der Waals surface area (Å²) in [5, 5.41) is 2.74. The van der Waals surface area contributed by atoms with Crippen LogP contribution in [0.1, 0.15) is 21.5 Å². The van der Waals surface area contributed by atoms with Crippen molar-refractivity contribution in [2.75, 3.05) is 5.32 Å². The minimum atomic E-state index is -0.326. The molecular formula is C24H18FNO2. The minimum absolute atomic E-state index is 0.208. The van der Waals surface area contributed by atoms with E-state index in [1.807, 2.05) is 30.3 Å². The van der Waals surface area contributed by atoms with Crippen molar-refractivity contribution in [2.45, 2.75) is 0 Å². The number of nitrogens with one attached hydrogen (secondary N) is 1. The zero-order valence-corrected chi connectivity index (χ0v) is 15.0. The summed E-state index contributed by atoms with van der Waals surface area (Å²) in [4.78, 5) is 24.4. The van der Waals surface area contributed by atoms with Crippen LogP contribution in [-0.4, -0.2) is 11.7 Å². The molecule has 0 fully saturated rings. The molecule has 0 saturated heterocycles. The van der Waals surface area contributed by atoms with E-state index in [-0.39, 0.29) is 17.5 Å². The third kappa shape index (κ3) is 5.61. The van der Waals surface area contributed by atoms with Gasteiger partial charge in [0.15, 0.2) is 5.78 Å². The average Bonchev–Trinajstić information content (AvgIpc) is 2.72. The average molecular weight is 371 g/mol. The highest BCUT2D eigenvalue weighted by molar-refractivity contribution is 6.08. The van der Waals surface area contributed by atoms with Gasteiger partial charge in [-0.15, -0.1) is 0 Å².